The Bertz CT molecular complexity index is 347. The molecule has 0 aromatic carbocycles. The van der Waals surface area contributed by atoms with Crippen LogP contribution < -0.4 is 10.6 Å². The lowest BCUT2D eigenvalue weighted by Crippen LogP contribution is -2.44. The van der Waals surface area contributed by atoms with Crippen LogP contribution in [-0.4, -0.2) is 23.1 Å². The highest BCUT2D eigenvalue weighted by Gasteiger charge is 2.11. The fourth-order valence-corrected chi connectivity index (χ4v) is 1.75. The highest BCUT2D eigenvalue weighted by Crippen LogP contribution is 2.12. The van der Waals surface area contributed by atoms with Gasteiger partial charge in [-0.05, 0) is 55.8 Å². The molecule has 17 heavy (non-hydrogen) atoms. The van der Waals surface area contributed by atoms with Gasteiger partial charge in [0.2, 0.25) is 0 Å². The van der Waals surface area contributed by atoms with Crippen molar-refractivity contribution in [3.63, 3.8) is 0 Å². The maximum Gasteiger partial charge on any atom is 0.0683 e. The molecule has 3 nitrogen and oxygen atoms in total. The fourth-order valence-electron chi connectivity index (χ4n) is 1.35. The molecular formula is C13H22BrN3. The van der Waals surface area contributed by atoms with E-state index in [0.717, 1.165) is 23.3 Å². The van der Waals surface area contributed by atoms with Crippen LogP contribution >= 0.6 is 15.9 Å². The van der Waals surface area contributed by atoms with E-state index in [0.29, 0.717) is 6.04 Å². The predicted molar refractivity (Wildman–Crippen MR) is 76.0 cm³/mol. The van der Waals surface area contributed by atoms with Crippen LogP contribution in [-0.2, 0) is 6.54 Å². The largest absolute Gasteiger partial charge is 0.311 e. The zero-order valence-corrected chi connectivity index (χ0v) is 12.6. The smallest absolute Gasteiger partial charge is 0.0683 e. The van der Waals surface area contributed by atoms with E-state index in [4.69, 9.17) is 0 Å². The number of hydrogen-bond donors (Lipinski definition) is 2. The number of aromatic nitrogens is 1. The average molecular weight is 300 g/mol. The highest BCUT2D eigenvalue weighted by molar-refractivity contribution is 9.10. The van der Waals surface area contributed by atoms with Crippen LogP contribution in [0.1, 0.15) is 33.4 Å². The molecule has 1 unspecified atom stereocenters. The number of pyridine rings is 1. The van der Waals surface area contributed by atoms with E-state index in [9.17, 15) is 0 Å². The zero-order chi connectivity index (χ0) is 12.9. The highest BCUT2D eigenvalue weighted by atomic mass is 79.9. The molecule has 0 aliphatic carbocycles. The Hall–Kier alpha value is -0.450. The van der Waals surface area contributed by atoms with Crippen molar-refractivity contribution in [2.75, 3.05) is 6.54 Å². The van der Waals surface area contributed by atoms with Crippen LogP contribution in [0, 0.1) is 0 Å². The molecule has 0 bridgehead atoms. The van der Waals surface area contributed by atoms with E-state index < -0.39 is 0 Å². The first-order valence-electron chi connectivity index (χ1n) is 5.96. The molecule has 0 aliphatic heterocycles. The molecule has 1 aromatic heterocycles. The number of hydrogen-bond acceptors (Lipinski definition) is 3. The first-order valence-corrected chi connectivity index (χ1v) is 6.75. The van der Waals surface area contributed by atoms with Gasteiger partial charge in [0.1, 0.15) is 0 Å². The molecule has 0 fully saturated rings. The summed E-state index contributed by atoms with van der Waals surface area (Å²) in [5.41, 5.74) is 1.22. The Labute approximate surface area is 113 Å². The van der Waals surface area contributed by atoms with Crippen LogP contribution in [0.25, 0.3) is 0 Å². The lowest BCUT2D eigenvalue weighted by atomic mass is 10.1. The Morgan fingerprint density at radius 2 is 2.12 bits per heavy atom. The van der Waals surface area contributed by atoms with E-state index in [2.05, 4.69) is 59.2 Å². The van der Waals surface area contributed by atoms with Gasteiger partial charge in [0.15, 0.2) is 0 Å². The molecule has 1 aromatic rings. The van der Waals surface area contributed by atoms with Crippen molar-refractivity contribution in [3.8, 4) is 0 Å². The van der Waals surface area contributed by atoms with E-state index in [1.54, 1.807) is 0 Å². The molecule has 4 heteroatoms. The second-order valence-corrected chi connectivity index (χ2v) is 6.20. The number of nitrogens with zero attached hydrogens (tertiary/aromatic N) is 1. The third kappa shape index (κ3) is 6.15. The third-order valence-electron chi connectivity index (χ3n) is 2.39. The molecular weight excluding hydrogens is 278 g/mol. The van der Waals surface area contributed by atoms with Gasteiger partial charge in [0.25, 0.3) is 0 Å². The van der Waals surface area contributed by atoms with Gasteiger partial charge in [0.05, 0.1) is 5.69 Å². The maximum atomic E-state index is 4.33. The predicted octanol–water partition coefficient (Wildman–Crippen LogP) is 2.71. The van der Waals surface area contributed by atoms with E-state index in [1.165, 1.54) is 0 Å². The molecule has 1 rings (SSSR count). The molecule has 0 saturated heterocycles. The van der Waals surface area contributed by atoms with Gasteiger partial charge in [-0.1, -0.05) is 0 Å². The minimum Gasteiger partial charge on any atom is -0.311 e. The summed E-state index contributed by atoms with van der Waals surface area (Å²) in [7, 11) is 0. The summed E-state index contributed by atoms with van der Waals surface area (Å²) in [4.78, 5) is 4.33. The topological polar surface area (TPSA) is 37.0 Å². The van der Waals surface area contributed by atoms with Crippen LogP contribution in [0.5, 0.6) is 0 Å². The lowest BCUT2D eigenvalue weighted by molar-refractivity contribution is 0.386. The quantitative estimate of drug-likeness (QED) is 0.878. The fraction of sp³-hybridized carbons (Fsp3) is 0.615. The van der Waals surface area contributed by atoms with Gasteiger partial charge >= 0.3 is 0 Å². The van der Waals surface area contributed by atoms with Gasteiger partial charge in [-0.3, -0.25) is 4.98 Å². The summed E-state index contributed by atoms with van der Waals surface area (Å²) in [5.74, 6) is 0. The van der Waals surface area contributed by atoms with Crippen molar-refractivity contribution >= 4 is 15.9 Å². The molecule has 0 aliphatic rings. The SMILES string of the molecule is CC(CNC(C)(C)C)NCc1ncccc1Br. The normalized spacial score (nSPS) is 13.7. The monoisotopic (exact) mass is 299 g/mol. The molecule has 0 radical (unpaired) electrons. The van der Waals surface area contributed by atoms with E-state index >= 15 is 0 Å². The summed E-state index contributed by atoms with van der Waals surface area (Å²) in [6.07, 6.45) is 1.82. The third-order valence-corrected chi connectivity index (χ3v) is 3.11. The molecule has 0 amide bonds. The van der Waals surface area contributed by atoms with Crippen LogP contribution in [0.15, 0.2) is 22.8 Å². The van der Waals surface area contributed by atoms with Crippen molar-refractivity contribution < 1.29 is 0 Å². The van der Waals surface area contributed by atoms with E-state index in [1.807, 2.05) is 18.3 Å². The number of rotatable bonds is 5. The van der Waals surface area contributed by atoms with Crippen molar-refractivity contribution in [1.82, 2.24) is 15.6 Å². The molecule has 2 N–H and O–H groups in total. The molecule has 1 heterocycles. The van der Waals surface area contributed by atoms with Crippen molar-refractivity contribution in [2.45, 2.75) is 45.8 Å². The Morgan fingerprint density at radius 3 is 2.71 bits per heavy atom. The zero-order valence-electron chi connectivity index (χ0n) is 11.0. The van der Waals surface area contributed by atoms with Gasteiger partial charge in [0, 0.05) is 35.3 Å². The Morgan fingerprint density at radius 1 is 1.41 bits per heavy atom. The average Bonchev–Trinajstić information content (AvgIpc) is 2.24. The summed E-state index contributed by atoms with van der Waals surface area (Å²) in [5, 5.41) is 6.94. The van der Waals surface area contributed by atoms with Crippen molar-refractivity contribution in [2.24, 2.45) is 0 Å². The molecule has 0 saturated carbocycles. The van der Waals surface area contributed by atoms with Crippen LogP contribution in [0.4, 0.5) is 0 Å². The Balaban J connectivity index is 2.34. The minimum absolute atomic E-state index is 0.168. The molecule has 0 spiro atoms. The maximum absolute atomic E-state index is 4.33. The first-order chi connectivity index (χ1) is 7.88. The number of halogens is 1. The second-order valence-electron chi connectivity index (χ2n) is 5.34. The van der Waals surface area contributed by atoms with Gasteiger partial charge in [-0.25, -0.2) is 0 Å². The van der Waals surface area contributed by atoms with Crippen molar-refractivity contribution in [1.29, 1.82) is 0 Å². The van der Waals surface area contributed by atoms with Crippen LogP contribution in [0.3, 0.4) is 0 Å². The molecule has 1 atom stereocenters. The van der Waals surface area contributed by atoms with Gasteiger partial charge in [-0.2, -0.15) is 0 Å². The first kappa shape index (κ1) is 14.6. The summed E-state index contributed by atoms with van der Waals surface area (Å²) in [6, 6.07) is 4.36. The standard InChI is InChI=1S/C13H22BrN3/c1-10(8-17-13(2,3)4)16-9-12-11(14)6-5-7-15-12/h5-7,10,16-17H,8-9H2,1-4H3. The summed E-state index contributed by atoms with van der Waals surface area (Å²) >= 11 is 3.50. The summed E-state index contributed by atoms with van der Waals surface area (Å²) in [6.45, 7) is 10.4. The van der Waals surface area contributed by atoms with Crippen LogP contribution in [0.2, 0.25) is 0 Å². The summed E-state index contributed by atoms with van der Waals surface area (Å²) < 4.78 is 1.06. The number of nitrogens with one attached hydrogen (secondary N) is 2. The molecule has 96 valence electrons. The van der Waals surface area contributed by atoms with Gasteiger partial charge < -0.3 is 10.6 Å². The minimum atomic E-state index is 0.168. The van der Waals surface area contributed by atoms with Crippen molar-refractivity contribution in [3.05, 3.63) is 28.5 Å². The Kier molecular flexibility index (Phi) is 5.56. The van der Waals surface area contributed by atoms with Gasteiger partial charge in [-0.15, -0.1) is 0 Å². The van der Waals surface area contributed by atoms with E-state index in [-0.39, 0.29) is 5.54 Å². The second kappa shape index (κ2) is 6.47. The lowest BCUT2D eigenvalue weighted by Gasteiger charge is -2.24.